The normalized spacial score (nSPS) is 12.4. The second kappa shape index (κ2) is 7.31. The summed E-state index contributed by atoms with van der Waals surface area (Å²) in [5.74, 6) is -0.771. The molecule has 120 valence electrons. The minimum Gasteiger partial charge on any atom is -0.481 e. The number of aromatic nitrogens is 2. The average Bonchev–Trinajstić information content (AvgIpc) is 2.75. The maximum absolute atomic E-state index is 10.8. The minimum absolute atomic E-state index is 0.00850. The van der Waals surface area contributed by atoms with Crippen LogP contribution in [0.4, 0.5) is 0 Å². The molecular weight excluding hydrogens is 286 g/mol. The lowest BCUT2D eigenvalue weighted by Gasteiger charge is -2.25. The Morgan fingerprint density at radius 1 is 1.48 bits per heavy atom. The van der Waals surface area contributed by atoms with Gasteiger partial charge in [0.1, 0.15) is 0 Å². The lowest BCUT2D eigenvalue weighted by Crippen LogP contribution is -2.31. The zero-order chi connectivity index (χ0) is 16.2. The van der Waals surface area contributed by atoms with E-state index in [4.69, 9.17) is 5.11 Å². The number of rotatable bonds is 7. The molecule has 0 atom stereocenters. The number of nitrogens with zero attached hydrogens (tertiary/aromatic N) is 3. The van der Waals surface area contributed by atoms with Crippen molar-refractivity contribution in [1.82, 2.24) is 14.5 Å². The molecular formula is C15H27N3O2S. The van der Waals surface area contributed by atoms with Crippen LogP contribution in [0.15, 0.2) is 11.4 Å². The van der Waals surface area contributed by atoms with E-state index in [0.29, 0.717) is 6.04 Å². The minimum atomic E-state index is -0.814. The predicted molar refractivity (Wildman–Crippen MR) is 87.1 cm³/mol. The van der Waals surface area contributed by atoms with Crippen molar-refractivity contribution in [2.45, 2.75) is 57.8 Å². The third-order valence-electron chi connectivity index (χ3n) is 3.47. The Labute approximate surface area is 131 Å². The Balaban J connectivity index is 2.94. The zero-order valence-corrected chi connectivity index (χ0v) is 14.7. The molecule has 0 bridgehead atoms. The summed E-state index contributed by atoms with van der Waals surface area (Å²) in [6.45, 7) is 12.5. The third-order valence-corrected chi connectivity index (χ3v) is 4.45. The molecule has 0 saturated carbocycles. The number of carboxylic acid groups (broad SMARTS) is 1. The van der Waals surface area contributed by atoms with E-state index in [1.807, 2.05) is 6.20 Å². The average molecular weight is 313 g/mol. The quantitative estimate of drug-likeness (QED) is 0.784. The van der Waals surface area contributed by atoms with E-state index in [9.17, 15) is 4.79 Å². The Morgan fingerprint density at radius 3 is 2.57 bits per heavy atom. The first-order chi connectivity index (χ1) is 9.62. The second-order valence-corrected chi connectivity index (χ2v) is 7.53. The maximum atomic E-state index is 10.8. The molecule has 0 amide bonds. The summed E-state index contributed by atoms with van der Waals surface area (Å²) in [7, 11) is 2.10. The Bertz CT molecular complexity index is 478. The number of hydrogen-bond acceptors (Lipinski definition) is 4. The number of aliphatic carboxylic acids is 1. The van der Waals surface area contributed by atoms with Gasteiger partial charge in [-0.15, -0.1) is 0 Å². The van der Waals surface area contributed by atoms with Crippen molar-refractivity contribution in [2.75, 3.05) is 19.3 Å². The van der Waals surface area contributed by atoms with E-state index in [1.165, 1.54) is 11.8 Å². The van der Waals surface area contributed by atoms with Crippen LogP contribution in [0.3, 0.4) is 0 Å². The van der Waals surface area contributed by atoms with Crippen LogP contribution in [0.5, 0.6) is 0 Å². The van der Waals surface area contributed by atoms with Gasteiger partial charge < -0.3 is 14.6 Å². The molecule has 0 unspecified atom stereocenters. The van der Waals surface area contributed by atoms with Gasteiger partial charge in [0, 0.05) is 36.4 Å². The van der Waals surface area contributed by atoms with Crippen molar-refractivity contribution in [1.29, 1.82) is 0 Å². The van der Waals surface area contributed by atoms with E-state index in [2.05, 4.69) is 56.1 Å². The standard InChI is InChI=1S/C15H27N3O2S/c1-11(2)17(6)7-8-18-12(15(3,4)5)9-16-14(18)21-10-13(19)20/h9,11H,7-8,10H2,1-6H3,(H,19,20). The van der Waals surface area contributed by atoms with Crippen LogP contribution >= 0.6 is 11.8 Å². The number of carboxylic acids is 1. The molecule has 21 heavy (non-hydrogen) atoms. The topological polar surface area (TPSA) is 58.4 Å². The van der Waals surface area contributed by atoms with Crippen LogP contribution in [0, 0.1) is 0 Å². The number of carbonyl (C=O) groups is 1. The Hall–Kier alpha value is -1.01. The first-order valence-corrected chi connectivity index (χ1v) is 8.22. The van der Waals surface area contributed by atoms with Gasteiger partial charge in [-0.2, -0.15) is 0 Å². The van der Waals surface area contributed by atoms with Gasteiger partial charge in [0.15, 0.2) is 5.16 Å². The van der Waals surface area contributed by atoms with Crippen LogP contribution in [0.25, 0.3) is 0 Å². The first-order valence-electron chi connectivity index (χ1n) is 7.23. The van der Waals surface area contributed by atoms with Crippen LogP contribution in [0.1, 0.15) is 40.3 Å². The molecule has 1 N–H and O–H groups in total. The van der Waals surface area contributed by atoms with Gasteiger partial charge in [-0.25, -0.2) is 4.98 Å². The number of likely N-dealkylation sites (N-methyl/N-ethyl adjacent to an activating group) is 1. The van der Waals surface area contributed by atoms with Crippen molar-refractivity contribution in [3.63, 3.8) is 0 Å². The lowest BCUT2D eigenvalue weighted by atomic mass is 9.92. The number of thioether (sulfide) groups is 1. The van der Waals surface area contributed by atoms with Crippen LogP contribution < -0.4 is 0 Å². The summed E-state index contributed by atoms with van der Waals surface area (Å²) in [4.78, 5) is 17.5. The molecule has 0 aliphatic rings. The summed E-state index contributed by atoms with van der Waals surface area (Å²) in [6.07, 6.45) is 1.87. The van der Waals surface area contributed by atoms with E-state index in [0.717, 1.165) is 23.9 Å². The summed E-state index contributed by atoms with van der Waals surface area (Å²) in [5, 5.41) is 9.65. The van der Waals surface area contributed by atoms with Crippen LogP contribution in [0.2, 0.25) is 0 Å². The highest BCUT2D eigenvalue weighted by Gasteiger charge is 2.22. The van der Waals surface area contributed by atoms with Gasteiger partial charge in [-0.3, -0.25) is 4.79 Å². The molecule has 1 aromatic rings. The predicted octanol–water partition coefficient (Wildman–Crippen LogP) is 2.70. The van der Waals surface area contributed by atoms with Crippen molar-refractivity contribution in [2.24, 2.45) is 0 Å². The first kappa shape index (κ1) is 18.0. The Kier molecular flexibility index (Phi) is 6.28. The lowest BCUT2D eigenvalue weighted by molar-refractivity contribution is -0.133. The van der Waals surface area contributed by atoms with E-state index < -0.39 is 5.97 Å². The SMILES string of the molecule is CC(C)N(C)CCn1c(C(C)(C)C)cnc1SCC(=O)O. The summed E-state index contributed by atoms with van der Waals surface area (Å²) >= 11 is 1.29. The molecule has 5 nitrogen and oxygen atoms in total. The van der Waals surface area contributed by atoms with Gasteiger partial charge in [0.25, 0.3) is 0 Å². The molecule has 6 heteroatoms. The zero-order valence-electron chi connectivity index (χ0n) is 13.9. The summed E-state index contributed by atoms with van der Waals surface area (Å²) < 4.78 is 2.16. The van der Waals surface area contributed by atoms with E-state index in [-0.39, 0.29) is 11.2 Å². The third kappa shape index (κ3) is 5.36. The van der Waals surface area contributed by atoms with Crippen molar-refractivity contribution >= 4 is 17.7 Å². The highest BCUT2D eigenvalue weighted by Crippen LogP contribution is 2.27. The molecule has 0 aliphatic carbocycles. The van der Waals surface area contributed by atoms with Gasteiger partial charge in [-0.05, 0) is 20.9 Å². The van der Waals surface area contributed by atoms with Gasteiger partial charge in [0.05, 0.1) is 5.75 Å². The van der Waals surface area contributed by atoms with Crippen molar-refractivity contribution in [3.8, 4) is 0 Å². The largest absolute Gasteiger partial charge is 0.481 e. The molecule has 0 saturated heterocycles. The Morgan fingerprint density at radius 2 is 2.10 bits per heavy atom. The molecule has 0 spiro atoms. The van der Waals surface area contributed by atoms with Crippen LogP contribution in [-0.4, -0.2) is 50.9 Å². The smallest absolute Gasteiger partial charge is 0.313 e. The number of imidazole rings is 1. The van der Waals surface area contributed by atoms with Gasteiger partial charge in [0.2, 0.25) is 0 Å². The van der Waals surface area contributed by atoms with Crippen molar-refractivity contribution in [3.05, 3.63) is 11.9 Å². The van der Waals surface area contributed by atoms with E-state index in [1.54, 1.807) is 0 Å². The van der Waals surface area contributed by atoms with Gasteiger partial charge in [-0.1, -0.05) is 32.5 Å². The van der Waals surface area contributed by atoms with Crippen molar-refractivity contribution < 1.29 is 9.90 Å². The highest BCUT2D eigenvalue weighted by atomic mass is 32.2. The second-order valence-electron chi connectivity index (χ2n) is 6.58. The molecule has 0 radical (unpaired) electrons. The fraction of sp³-hybridized carbons (Fsp3) is 0.733. The number of hydrogen-bond donors (Lipinski definition) is 1. The highest BCUT2D eigenvalue weighted by molar-refractivity contribution is 7.99. The maximum Gasteiger partial charge on any atom is 0.313 e. The fourth-order valence-corrected chi connectivity index (χ4v) is 2.66. The molecule has 0 aliphatic heterocycles. The fourth-order valence-electron chi connectivity index (χ4n) is 1.93. The summed E-state index contributed by atoms with van der Waals surface area (Å²) in [5.41, 5.74) is 1.14. The van der Waals surface area contributed by atoms with Gasteiger partial charge >= 0.3 is 5.97 Å². The van der Waals surface area contributed by atoms with Crippen LogP contribution in [-0.2, 0) is 16.8 Å². The molecule has 0 aromatic carbocycles. The monoisotopic (exact) mass is 313 g/mol. The van der Waals surface area contributed by atoms with E-state index >= 15 is 0 Å². The summed E-state index contributed by atoms with van der Waals surface area (Å²) in [6, 6.07) is 0.488. The molecule has 1 aromatic heterocycles. The molecule has 1 heterocycles. The molecule has 1 rings (SSSR count). The molecule has 0 fully saturated rings.